The van der Waals surface area contributed by atoms with Gasteiger partial charge in [-0.1, -0.05) is 30.3 Å². The first-order valence-corrected chi connectivity index (χ1v) is 8.70. The van der Waals surface area contributed by atoms with Crippen LogP contribution < -0.4 is 15.5 Å². The predicted octanol–water partition coefficient (Wildman–Crippen LogP) is 2.80. The first-order chi connectivity index (χ1) is 12.6. The fraction of sp³-hybridized carbons (Fsp3) is 0.300. The molecule has 0 spiro atoms. The molecule has 0 radical (unpaired) electrons. The fourth-order valence-electron chi connectivity index (χ4n) is 2.91. The van der Waals surface area contributed by atoms with Crippen molar-refractivity contribution in [3.05, 3.63) is 54.1 Å². The number of aryl methyl sites for hydroxylation is 1. The number of hydrogen-bond donors (Lipinski definition) is 2. The Labute approximate surface area is 153 Å². The summed E-state index contributed by atoms with van der Waals surface area (Å²) in [6, 6.07) is 15.1. The van der Waals surface area contributed by atoms with Crippen LogP contribution in [0.4, 0.5) is 17.1 Å². The van der Waals surface area contributed by atoms with Gasteiger partial charge in [0.1, 0.15) is 6.42 Å². The van der Waals surface area contributed by atoms with E-state index in [1.54, 1.807) is 0 Å². The number of hydrogen-bond acceptors (Lipinski definition) is 4. The van der Waals surface area contributed by atoms with Crippen LogP contribution in [0.3, 0.4) is 0 Å². The Balaban J connectivity index is 1.61. The lowest BCUT2D eigenvalue weighted by atomic mass is 10.2. The van der Waals surface area contributed by atoms with E-state index in [4.69, 9.17) is 4.74 Å². The third-order valence-corrected chi connectivity index (χ3v) is 4.27. The van der Waals surface area contributed by atoms with Crippen LogP contribution in [0.2, 0.25) is 0 Å². The van der Waals surface area contributed by atoms with Crippen LogP contribution in [0.25, 0.3) is 0 Å². The highest BCUT2D eigenvalue weighted by Crippen LogP contribution is 2.26. The van der Waals surface area contributed by atoms with Gasteiger partial charge in [0.05, 0.1) is 24.6 Å². The molecule has 1 aliphatic rings. The van der Waals surface area contributed by atoms with Crippen molar-refractivity contribution in [2.24, 2.45) is 0 Å². The molecule has 6 heteroatoms. The summed E-state index contributed by atoms with van der Waals surface area (Å²) in [5.74, 6) is -0.669. The average molecular weight is 353 g/mol. The standard InChI is InChI=1S/C20H23N3O3/c1-15-6-2-3-7-16(15)21-19(24)14-20(25)22-17-8-4-5-9-18(17)23-10-12-26-13-11-23/h2-9H,10-14H2,1H3,(H,21,24)(H,22,25). The van der Waals surface area contributed by atoms with E-state index in [0.717, 1.165) is 30.0 Å². The summed E-state index contributed by atoms with van der Waals surface area (Å²) in [4.78, 5) is 26.6. The van der Waals surface area contributed by atoms with Crippen molar-refractivity contribution in [2.45, 2.75) is 13.3 Å². The van der Waals surface area contributed by atoms with Crippen LogP contribution in [0.5, 0.6) is 0 Å². The normalized spacial score (nSPS) is 14.0. The van der Waals surface area contributed by atoms with Crippen LogP contribution in [0.1, 0.15) is 12.0 Å². The molecule has 0 aromatic heterocycles. The van der Waals surface area contributed by atoms with E-state index >= 15 is 0 Å². The van der Waals surface area contributed by atoms with Gasteiger partial charge in [-0.05, 0) is 30.7 Å². The molecule has 0 unspecified atom stereocenters. The van der Waals surface area contributed by atoms with Crippen LogP contribution in [-0.2, 0) is 14.3 Å². The van der Waals surface area contributed by atoms with Gasteiger partial charge in [-0.25, -0.2) is 0 Å². The Morgan fingerprint density at radius 2 is 1.50 bits per heavy atom. The van der Waals surface area contributed by atoms with Gasteiger partial charge in [-0.3, -0.25) is 9.59 Å². The molecule has 136 valence electrons. The van der Waals surface area contributed by atoms with Crippen molar-refractivity contribution in [3.8, 4) is 0 Å². The first-order valence-electron chi connectivity index (χ1n) is 8.70. The Morgan fingerprint density at radius 1 is 0.923 bits per heavy atom. The number of anilines is 3. The Morgan fingerprint density at radius 3 is 2.19 bits per heavy atom. The SMILES string of the molecule is Cc1ccccc1NC(=O)CC(=O)Nc1ccccc1N1CCOCC1. The number of carbonyl (C=O) groups is 2. The number of benzene rings is 2. The Bertz CT molecular complexity index is 785. The lowest BCUT2D eigenvalue weighted by molar-refractivity contribution is -0.123. The molecular formula is C20H23N3O3. The number of nitrogens with one attached hydrogen (secondary N) is 2. The number of morpholine rings is 1. The fourth-order valence-corrected chi connectivity index (χ4v) is 2.91. The molecule has 6 nitrogen and oxygen atoms in total. The van der Waals surface area contributed by atoms with E-state index in [9.17, 15) is 9.59 Å². The van der Waals surface area contributed by atoms with E-state index in [2.05, 4.69) is 15.5 Å². The smallest absolute Gasteiger partial charge is 0.233 e. The molecule has 2 aromatic rings. The van der Waals surface area contributed by atoms with Gasteiger partial charge in [-0.15, -0.1) is 0 Å². The molecule has 0 aliphatic carbocycles. The van der Waals surface area contributed by atoms with Crippen molar-refractivity contribution in [1.29, 1.82) is 0 Å². The zero-order valence-electron chi connectivity index (χ0n) is 14.8. The number of rotatable bonds is 5. The molecule has 1 aliphatic heterocycles. The van der Waals surface area contributed by atoms with Gasteiger partial charge in [0.2, 0.25) is 11.8 Å². The lowest BCUT2D eigenvalue weighted by Crippen LogP contribution is -2.36. The molecule has 0 bridgehead atoms. The van der Waals surface area contributed by atoms with Crippen molar-refractivity contribution in [1.82, 2.24) is 0 Å². The number of para-hydroxylation sites is 3. The topological polar surface area (TPSA) is 70.7 Å². The minimum absolute atomic E-state index is 0.230. The summed E-state index contributed by atoms with van der Waals surface area (Å²) in [6.45, 7) is 4.80. The maximum absolute atomic E-state index is 12.3. The summed E-state index contributed by atoms with van der Waals surface area (Å²) in [7, 11) is 0. The summed E-state index contributed by atoms with van der Waals surface area (Å²) in [5, 5.41) is 5.64. The summed E-state index contributed by atoms with van der Waals surface area (Å²) >= 11 is 0. The first kappa shape index (κ1) is 17.9. The second-order valence-corrected chi connectivity index (χ2v) is 6.20. The summed E-state index contributed by atoms with van der Waals surface area (Å²) in [5.41, 5.74) is 3.34. The third-order valence-electron chi connectivity index (χ3n) is 4.27. The molecule has 2 aromatic carbocycles. The van der Waals surface area contributed by atoms with Gasteiger partial charge in [-0.2, -0.15) is 0 Å². The van der Waals surface area contributed by atoms with Gasteiger partial charge >= 0.3 is 0 Å². The van der Waals surface area contributed by atoms with Gasteiger partial charge in [0.15, 0.2) is 0 Å². The monoisotopic (exact) mass is 353 g/mol. The quantitative estimate of drug-likeness (QED) is 0.811. The second kappa shape index (κ2) is 8.49. The van der Waals surface area contributed by atoms with Crippen molar-refractivity contribution < 1.29 is 14.3 Å². The largest absolute Gasteiger partial charge is 0.378 e. The molecule has 26 heavy (non-hydrogen) atoms. The van der Waals surface area contributed by atoms with Gasteiger partial charge in [0.25, 0.3) is 0 Å². The molecule has 2 amide bonds. The van der Waals surface area contributed by atoms with Crippen molar-refractivity contribution >= 4 is 28.9 Å². The van der Waals surface area contributed by atoms with E-state index < -0.39 is 0 Å². The van der Waals surface area contributed by atoms with E-state index in [0.29, 0.717) is 18.9 Å². The van der Waals surface area contributed by atoms with Crippen LogP contribution in [0.15, 0.2) is 48.5 Å². The second-order valence-electron chi connectivity index (χ2n) is 6.20. The van der Waals surface area contributed by atoms with E-state index in [1.807, 2.05) is 55.5 Å². The predicted molar refractivity (Wildman–Crippen MR) is 103 cm³/mol. The minimum atomic E-state index is -0.336. The number of ether oxygens (including phenoxy) is 1. The van der Waals surface area contributed by atoms with Crippen LogP contribution in [0, 0.1) is 6.92 Å². The minimum Gasteiger partial charge on any atom is -0.378 e. The molecule has 1 heterocycles. The lowest BCUT2D eigenvalue weighted by Gasteiger charge is -2.30. The van der Waals surface area contributed by atoms with Crippen molar-refractivity contribution in [2.75, 3.05) is 41.8 Å². The number of amides is 2. The molecule has 3 rings (SSSR count). The zero-order valence-corrected chi connectivity index (χ0v) is 14.8. The molecule has 1 saturated heterocycles. The van der Waals surface area contributed by atoms with Crippen molar-refractivity contribution in [3.63, 3.8) is 0 Å². The highest BCUT2D eigenvalue weighted by atomic mass is 16.5. The van der Waals surface area contributed by atoms with Gasteiger partial charge < -0.3 is 20.3 Å². The summed E-state index contributed by atoms with van der Waals surface area (Å²) < 4.78 is 5.38. The maximum atomic E-state index is 12.3. The highest BCUT2D eigenvalue weighted by molar-refractivity contribution is 6.09. The molecule has 0 atom stereocenters. The van der Waals surface area contributed by atoms with Crippen LogP contribution in [-0.4, -0.2) is 38.1 Å². The third kappa shape index (κ3) is 4.61. The molecule has 0 saturated carbocycles. The number of carbonyl (C=O) groups excluding carboxylic acids is 2. The zero-order chi connectivity index (χ0) is 18.4. The molecule has 1 fully saturated rings. The van der Waals surface area contributed by atoms with Gasteiger partial charge in [0, 0.05) is 18.8 Å². The Kier molecular flexibility index (Phi) is 5.86. The number of nitrogens with zero attached hydrogens (tertiary/aromatic N) is 1. The van der Waals surface area contributed by atoms with E-state index in [-0.39, 0.29) is 18.2 Å². The van der Waals surface area contributed by atoms with Crippen LogP contribution >= 0.6 is 0 Å². The Hall–Kier alpha value is -2.86. The molecular weight excluding hydrogens is 330 g/mol. The average Bonchev–Trinajstić information content (AvgIpc) is 2.64. The maximum Gasteiger partial charge on any atom is 0.233 e. The van der Waals surface area contributed by atoms with E-state index in [1.165, 1.54) is 0 Å². The highest BCUT2D eigenvalue weighted by Gasteiger charge is 2.17. The summed E-state index contributed by atoms with van der Waals surface area (Å²) in [6.07, 6.45) is -0.230. The molecule has 2 N–H and O–H groups in total.